The normalized spacial score (nSPS) is 10.4. The number of nitrogens with one attached hydrogen (secondary N) is 1. The van der Waals surface area contributed by atoms with Gasteiger partial charge in [-0.1, -0.05) is 24.0 Å². The molecule has 6 heteroatoms. The number of rotatable bonds is 5. The predicted octanol–water partition coefficient (Wildman–Crippen LogP) is 2.76. The molecule has 0 bridgehead atoms. The summed E-state index contributed by atoms with van der Waals surface area (Å²) in [5.41, 5.74) is 16.7. The highest BCUT2D eigenvalue weighted by Crippen LogP contribution is 2.15. The average Bonchev–Trinajstić information content (AvgIpc) is 2.72. The molecule has 0 spiro atoms. The van der Waals surface area contributed by atoms with Crippen molar-refractivity contribution in [1.29, 1.82) is 0 Å². The highest BCUT2D eigenvalue weighted by Gasteiger charge is 2.12. The van der Waals surface area contributed by atoms with Crippen molar-refractivity contribution >= 4 is 11.7 Å². The van der Waals surface area contributed by atoms with Crippen molar-refractivity contribution in [3.8, 4) is 11.8 Å². The zero-order valence-electron chi connectivity index (χ0n) is 18.4. The third-order valence-corrected chi connectivity index (χ3v) is 4.81. The Hall–Kier alpha value is -3.79. The van der Waals surface area contributed by atoms with Crippen LogP contribution in [0.15, 0.2) is 54.6 Å². The Morgan fingerprint density at radius 1 is 0.969 bits per heavy atom. The number of benzene rings is 2. The molecule has 0 aliphatic heterocycles. The predicted molar refractivity (Wildman–Crippen MR) is 125 cm³/mol. The minimum Gasteiger partial charge on any atom is -0.324 e. The fourth-order valence-electron chi connectivity index (χ4n) is 3.32. The molecule has 3 rings (SSSR count). The Kier molecular flexibility index (Phi) is 7.16. The third-order valence-electron chi connectivity index (χ3n) is 4.81. The maximum absolute atomic E-state index is 12.9. The van der Waals surface area contributed by atoms with Crippen LogP contribution in [0.3, 0.4) is 0 Å². The summed E-state index contributed by atoms with van der Waals surface area (Å²) in [6, 6.07) is 16.5. The molecule has 5 N–H and O–H groups in total. The molecule has 1 heterocycles. The van der Waals surface area contributed by atoms with Crippen LogP contribution in [0.1, 0.15) is 54.4 Å². The molecule has 0 aliphatic carbocycles. The number of nitrogens with zero attached hydrogens (tertiary/aromatic N) is 1. The Balaban J connectivity index is 1.85. The van der Waals surface area contributed by atoms with E-state index in [-0.39, 0.29) is 18.1 Å². The van der Waals surface area contributed by atoms with Gasteiger partial charge in [-0.15, -0.1) is 0 Å². The fourth-order valence-corrected chi connectivity index (χ4v) is 3.32. The highest BCUT2D eigenvalue weighted by atomic mass is 16.2. The van der Waals surface area contributed by atoms with Gasteiger partial charge in [0.2, 0.25) is 0 Å². The van der Waals surface area contributed by atoms with E-state index in [1.54, 1.807) is 18.2 Å². The molecule has 1 amide bonds. The molecule has 2 aromatic carbocycles. The molecule has 0 saturated carbocycles. The summed E-state index contributed by atoms with van der Waals surface area (Å²) in [5.74, 6) is 5.80. The molecule has 3 aromatic rings. The molecule has 162 valence electrons. The van der Waals surface area contributed by atoms with Crippen molar-refractivity contribution in [2.75, 3.05) is 0 Å². The monoisotopic (exact) mass is 426 g/mol. The average molecular weight is 427 g/mol. The number of ketones is 1. The second-order valence-corrected chi connectivity index (χ2v) is 7.74. The second kappa shape index (κ2) is 10.0. The largest absolute Gasteiger partial charge is 0.324 e. The van der Waals surface area contributed by atoms with E-state index in [0.29, 0.717) is 22.3 Å². The van der Waals surface area contributed by atoms with Crippen LogP contribution in [0.2, 0.25) is 0 Å². The number of pyridine rings is 1. The number of amides is 1. The first-order valence-corrected chi connectivity index (χ1v) is 10.2. The van der Waals surface area contributed by atoms with Crippen molar-refractivity contribution in [3.63, 3.8) is 0 Å². The summed E-state index contributed by atoms with van der Waals surface area (Å²) in [7, 11) is 0. The van der Waals surface area contributed by atoms with Crippen LogP contribution in [-0.2, 0) is 6.42 Å². The Morgan fingerprint density at radius 2 is 1.72 bits per heavy atom. The number of carbonyl (C=O) groups excluding carboxylic acids is 2. The van der Waals surface area contributed by atoms with Crippen LogP contribution >= 0.6 is 0 Å². The van der Waals surface area contributed by atoms with Crippen LogP contribution < -0.4 is 16.8 Å². The smallest absolute Gasteiger partial charge is 0.253 e. The molecular weight excluding hydrogens is 400 g/mol. The van der Waals surface area contributed by atoms with Gasteiger partial charge in [-0.3, -0.25) is 26.0 Å². The number of hydrogen-bond donors (Lipinski definition) is 3. The van der Waals surface area contributed by atoms with Gasteiger partial charge in [-0.25, -0.2) is 0 Å². The van der Waals surface area contributed by atoms with Crippen LogP contribution in [0.4, 0.5) is 0 Å². The lowest BCUT2D eigenvalue weighted by Crippen LogP contribution is -2.48. The van der Waals surface area contributed by atoms with E-state index in [1.165, 1.54) is 0 Å². The summed E-state index contributed by atoms with van der Waals surface area (Å²) in [5, 5.41) is 2.46. The van der Waals surface area contributed by atoms with Crippen LogP contribution in [-0.4, -0.2) is 23.0 Å². The van der Waals surface area contributed by atoms with E-state index < -0.39 is 6.29 Å². The van der Waals surface area contributed by atoms with Crippen LogP contribution in [0.5, 0.6) is 0 Å². The molecular formula is C26H26N4O2. The van der Waals surface area contributed by atoms with E-state index in [4.69, 9.17) is 11.5 Å². The fraction of sp³-hybridized carbons (Fsp3) is 0.192. The van der Waals surface area contributed by atoms with Gasteiger partial charge in [0, 0.05) is 33.6 Å². The minimum atomic E-state index is -0.934. The maximum atomic E-state index is 12.9. The van der Waals surface area contributed by atoms with E-state index in [0.717, 1.165) is 22.5 Å². The van der Waals surface area contributed by atoms with Gasteiger partial charge in [0.25, 0.3) is 5.91 Å². The maximum Gasteiger partial charge on any atom is 0.253 e. The lowest BCUT2D eigenvalue weighted by atomic mass is 9.98. The van der Waals surface area contributed by atoms with E-state index in [2.05, 4.69) is 22.1 Å². The van der Waals surface area contributed by atoms with E-state index in [1.807, 2.05) is 57.2 Å². The zero-order chi connectivity index (χ0) is 23.3. The van der Waals surface area contributed by atoms with Crippen molar-refractivity contribution in [3.05, 3.63) is 99.4 Å². The van der Waals surface area contributed by atoms with Gasteiger partial charge in [0.15, 0.2) is 5.78 Å². The Morgan fingerprint density at radius 3 is 2.44 bits per heavy atom. The van der Waals surface area contributed by atoms with E-state index >= 15 is 0 Å². The van der Waals surface area contributed by atoms with Crippen molar-refractivity contribution in [1.82, 2.24) is 10.3 Å². The van der Waals surface area contributed by atoms with Crippen LogP contribution in [0, 0.1) is 32.6 Å². The number of Topliss-reactive ketones (excluding diaryl/α,β-unsaturated/α-hetero) is 1. The number of aryl methyl sites for hydroxylation is 3. The third kappa shape index (κ3) is 6.11. The van der Waals surface area contributed by atoms with Crippen molar-refractivity contribution in [2.24, 2.45) is 11.5 Å². The summed E-state index contributed by atoms with van der Waals surface area (Å²) in [6.45, 7) is 5.69. The molecule has 0 aliphatic rings. The minimum absolute atomic E-state index is 0.00288. The molecule has 0 atom stereocenters. The molecule has 0 saturated heterocycles. The van der Waals surface area contributed by atoms with E-state index in [9.17, 15) is 9.59 Å². The topological polar surface area (TPSA) is 111 Å². The SMILES string of the molecule is Cc1cc(C#Cc2ccc(C)c(C(=O)Cc3cccc(C)n3)c2)cc(C(=O)NC(N)N)c1. The summed E-state index contributed by atoms with van der Waals surface area (Å²) < 4.78 is 0. The first-order chi connectivity index (χ1) is 15.2. The first-order valence-electron chi connectivity index (χ1n) is 10.2. The lowest BCUT2D eigenvalue weighted by Gasteiger charge is -2.09. The van der Waals surface area contributed by atoms with Gasteiger partial charge in [0.1, 0.15) is 6.29 Å². The highest BCUT2D eigenvalue weighted by molar-refractivity contribution is 5.99. The van der Waals surface area contributed by atoms with Crippen molar-refractivity contribution in [2.45, 2.75) is 33.5 Å². The first kappa shape index (κ1) is 22.9. The molecule has 1 aromatic heterocycles. The van der Waals surface area contributed by atoms with Crippen LogP contribution in [0.25, 0.3) is 0 Å². The van der Waals surface area contributed by atoms with Crippen molar-refractivity contribution < 1.29 is 9.59 Å². The van der Waals surface area contributed by atoms with Gasteiger partial charge >= 0.3 is 0 Å². The van der Waals surface area contributed by atoms with Gasteiger partial charge in [-0.05, 0) is 74.4 Å². The Labute approximate surface area is 188 Å². The van der Waals surface area contributed by atoms with Gasteiger partial charge in [-0.2, -0.15) is 0 Å². The van der Waals surface area contributed by atoms with Gasteiger partial charge in [0.05, 0.1) is 6.42 Å². The molecule has 0 fully saturated rings. The number of hydrogen-bond acceptors (Lipinski definition) is 5. The lowest BCUT2D eigenvalue weighted by molar-refractivity contribution is 0.0937. The molecule has 0 unspecified atom stereocenters. The molecule has 6 nitrogen and oxygen atoms in total. The quantitative estimate of drug-likeness (QED) is 0.330. The number of carbonyl (C=O) groups is 2. The molecule has 32 heavy (non-hydrogen) atoms. The summed E-state index contributed by atoms with van der Waals surface area (Å²) in [4.78, 5) is 29.5. The zero-order valence-corrected chi connectivity index (χ0v) is 18.4. The Bertz CT molecular complexity index is 1240. The number of nitrogens with two attached hydrogens (primary N) is 2. The summed E-state index contributed by atoms with van der Waals surface area (Å²) in [6.07, 6.45) is -0.699. The summed E-state index contributed by atoms with van der Waals surface area (Å²) >= 11 is 0. The number of aromatic nitrogens is 1. The van der Waals surface area contributed by atoms with Gasteiger partial charge < -0.3 is 5.32 Å². The standard InChI is InChI=1S/C26H26N4O2/c1-16-11-20(13-21(12-16)25(32)30-26(27)28)10-9-19-8-7-17(2)23(14-19)24(31)15-22-6-4-5-18(3)29-22/h4-8,11-14,26H,15,27-28H2,1-3H3,(H,30,32). The molecule has 0 radical (unpaired) electrons. The second-order valence-electron chi connectivity index (χ2n) is 7.74.